The van der Waals surface area contributed by atoms with Crippen molar-refractivity contribution >= 4 is 15.5 Å². The molecule has 0 aromatic heterocycles. The van der Waals surface area contributed by atoms with Crippen LogP contribution in [-0.2, 0) is 9.84 Å². The Morgan fingerprint density at radius 2 is 2.00 bits per heavy atom. The Labute approximate surface area is 95.4 Å². The quantitative estimate of drug-likeness (QED) is 0.827. The minimum atomic E-state index is -3.53. The van der Waals surface area contributed by atoms with Crippen molar-refractivity contribution in [2.24, 2.45) is 5.92 Å². The van der Waals surface area contributed by atoms with E-state index in [1.807, 2.05) is 13.8 Å². The van der Waals surface area contributed by atoms with Crippen LogP contribution in [0.15, 0.2) is 23.1 Å². The van der Waals surface area contributed by atoms with E-state index in [1.54, 1.807) is 0 Å². The lowest BCUT2D eigenvalue weighted by molar-refractivity contribution is 0.555. The number of anilines is 1. The van der Waals surface area contributed by atoms with Crippen LogP contribution in [0.2, 0.25) is 0 Å². The van der Waals surface area contributed by atoms with Gasteiger partial charge in [-0.15, -0.1) is 0 Å². The van der Waals surface area contributed by atoms with Crippen LogP contribution in [0, 0.1) is 11.7 Å². The minimum Gasteiger partial charge on any atom is -0.399 e. The molecule has 0 fully saturated rings. The summed E-state index contributed by atoms with van der Waals surface area (Å²) >= 11 is 0. The van der Waals surface area contributed by atoms with Gasteiger partial charge in [-0.2, -0.15) is 0 Å². The Bertz CT molecular complexity index is 469. The molecular weight excluding hydrogens is 229 g/mol. The highest BCUT2D eigenvalue weighted by Gasteiger charge is 2.19. The molecule has 90 valence electrons. The van der Waals surface area contributed by atoms with Gasteiger partial charge in [0.1, 0.15) is 10.7 Å². The first-order valence-corrected chi connectivity index (χ1v) is 6.76. The molecule has 0 atom stereocenters. The lowest BCUT2D eigenvalue weighted by Crippen LogP contribution is -2.11. The second kappa shape index (κ2) is 4.82. The van der Waals surface area contributed by atoms with Crippen molar-refractivity contribution in [1.29, 1.82) is 0 Å². The SMILES string of the molecule is CC(C)CCS(=O)(=O)c1ccc(N)cc1F. The second-order valence-electron chi connectivity index (χ2n) is 4.19. The third kappa shape index (κ3) is 3.20. The van der Waals surface area contributed by atoms with Gasteiger partial charge in [-0.1, -0.05) is 13.8 Å². The average Bonchev–Trinajstić information content (AvgIpc) is 2.14. The van der Waals surface area contributed by atoms with Gasteiger partial charge in [0.2, 0.25) is 0 Å². The Morgan fingerprint density at radius 1 is 1.38 bits per heavy atom. The van der Waals surface area contributed by atoms with Crippen LogP contribution in [0.3, 0.4) is 0 Å². The monoisotopic (exact) mass is 245 g/mol. The predicted octanol–water partition coefficient (Wildman–Crippen LogP) is 2.23. The highest BCUT2D eigenvalue weighted by atomic mass is 32.2. The number of nitrogen functional groups attached to an aromatic ring is 1. The molecule has 0 saturated heterocycles. The molecule has 1 aromatic rings. The molecule has 0 radical (unpaired) electrons. The maximum Gasteiger partial charge on any atom is 0.181 e. The summed E-state index contributed by atoms with van der Waals surface area (Å²) < 4.78 is 37.0. The molecule has 1 rings (SSSR count). The van der Waals surface area contributed by atoms with E-state index < -0.39 is 15.7 Å². The Hall–Kier alpha value is -1.10. The molecule has 5 heteroatoms. The van der Waals surface area contributed by atoms with Crippen molar-refractivity contribution in [2.75, 3.05) is 11.5 Å². The fraction of sp³-hybridized carbons (Fsp3) is 0.455. The fourth-order valence-corrected chi connectivity index (χ4v) is 2.90. The van der Waals surface area contributed by atoms with Crippen molar-refractivity contribution in [1.82, 2.24) is 0 Å². The van der Waals surface area contributed by atoms with Crippen LogP contribution in [0.4, 0.5) is 10.1 Å². The summed E-state index contributed by atoms with van der Waals surface area (Å²) in [6.07, 6.45) is 0.520. The number of hydrogen-bond acceptors (Lipinski definition) is 3. The first kappa shape index (κ1) is 13.0. The Balaban J connectivity index is 2.99. The van der Waals surface area contributed by atoms with Gasteiger partial charge in [-0.25, -0.2) is 12.8 Å². The molecule has 3 nitrogen and oxygen atoms in total. The normalized spacial score (nSPS) is 12.0. The molecule has 0 aliphatic heterocycles. The molecule has 0 bridgehead atoms. The number of halogens is 1. The summed E-state index contributed by atoms with van der Waals surface area (Å²) in [5, 5.41) is 0. The smallest absolute Gasteiger partial charge is 0.181 e. The molecule has 0 amide bonds. The van der Waals surface area contributed by atoms with Crippen LogP contribution in [0.25, 0.3) is 0 Å². The zero-order valence-electron chi connectivity index (χ0n) is 9.40. The number of nitrogens with two attached hydrogens (primary N) is 1. The highest BCUT2D eigenvalue weighted by molar-refractivity contribution is 7.91. The Morgan fingerprint density at radius 3 is 2.50 bits per heavy atom. The maximum absolute atomic E-state index is 13.4. The minimum absolute atomic E-state index is 0.0362. The highest BCUT2D eigenvalue weighted by Crippen LogP contribution is 2.20. The topological polar surface area (TPSA) is 60.2 Å². The van der Waals surface area contributed by atoms with E-state index in [1.165, 1.54) is 12.1 Å². The van der Waals surface area contributed by atoms with E-state index in [0.29, 0.717) is 6.42 Å². The summed E-state index contributed by atoms with van der Waals surface area (Å²) in [6, 6.07) is 3.65. The zero-order valence-corrected chi connectivity index (χ0v) is 10.2. The van der Waals surface area contributed by atoms with Gasteiger partial charge in [-0.05, 0) is 30.5 Å². The third-order valence-corrected chi connectivity index (χ3v) is 4.03. The number of benzene rings is 1. The van der Waals surface area contributed by atoms with E-state index in [0.717, 1.165) is 6.07 Å². The van der Waals surface area contributed by atoms with Gasteiger partial charge in [0.25, 0.3) is 0 Å². The van der Waals surface area contributed by atoms with Gasteiger partial charge in [-0.3, -0.25) is 0 Å². The van der Waals surface area contributed by atoms with E-state index in [-0.39, 0.29) is 22.3 Å². The molecule has 16 heavy (non-hydrogen) atoms. The largest absolute Gasteiger partial charge is 0.399 e. The van der Waals surface area contributed by atoms with Gasteiger partial charge < -0.3 is 5.73 Å². The summed E-state index contributed by atoms with van der Waals surface area (Å²) in [6.45, 7) is 3.85. The van der Waals surface area contributed by atoms with Crippen LogP contribution >= 0.6 is 0 Å². The molecule has 0 unspecified atom stereocenters. The van der Waals surface area contributed by atoms with Crippen molar-refractivity contribution in [2.45, 2.75) is 25.2 Å². The Kier molecular flexibility index (Phi) is 3.91. The standard InChI is InChI=1S/C11H16FNO2S/c1-8(2)5-6-16(14,15)11-4-3-9(13)7-10(11)12/h3-4,7-8H,5-6,13H2,1-2H3. The van der Waals surface area contributed by atoms with E-state index in [2.05, 4.69) is 0 Å². The summed E-state index contributed by atoms with van der Waals surface area (Å²) in [7, 11) is -3.53. The summed E-state index contributed by atoms with van der Waals surface area (Å²) in [5.41, 5.74) is 5.58. The van der Waals surface area contributed by atoms with Crippen LogP contribution in [0.1, 0.15) is 20.3 Å². The fourth-order valence-electron chi connectivity index (χ4n) is 1.27. The first-order chi connectivity index (χ1) is 7.33. The molecular formula is C11H16FNO2S. The molecule has 0 aliphatic rings. The van der Waals surface area contributed by atoms with Crippen molar-refractivity contribution < 1.29 is 12.8 Å². The van der Waals surface area contributed by atoms with E-state index in [9.17, 15) is 12.8 Å². The van der Waals surface area contributed by atoms with Gasteiger partial charge in [0.05, 0.1) is 5.75 Å². The van der Waals surface area contributed by atoms with Crippen LogP contribution in [0.5, 0.6) is 0 Å². The zero-order chi connectivity index (χ0) is 12.3. The second-order valence-corrected chi connectivity index (χ2v) is 6.27. The van der Waals surface area contributed by atoms with Crippen molar-refractivity contribution in [3.05, 3.63) is 24.0 Å². The third-order valence-electron chi connectivity index (χ3n) is 2.25. The van der Waals surface area contributed by atoms with Crippen molar-refractivity contribution in [3.8, 4) is 0 Å². The number of sulfone groups is 1. The predicted molar refractivity (Wildman–Crippen MR) is 62.3 cm³/mol. The van der Waals surface area contributed by atoms with E-state index in [4.69, 9.17) is 5.73 Å². The number of rotatable bonds is 4. The summed E-state index contributed by atoms with van der Waals surface area (Å²) in [4.78, 5) is -0.262. The van der Waals surface area contributed by atoms with Gasteiger partial charge in [0.15, 0.2) is 9.84 Å². The molecule has 0 heterocycles. The van der Waals surface area contributed by atoms with Gasteiger partial charge >= 0.3 is 0 Å². The molecule has 0 aliphatic carbocycles. The lowest BCUT2D eigenvalue weighted by atomic mass is 10.2. The molecule has 0 spiro atoms. The lowest BCUT2D eigenvalue weighted by Gasteiger charge is -2.07. The molecule has 1 aromatic carbocycles. The summed E-state index contributed by atoms with van der Waals surface area (Å²) in [5.74, 6) is -0.540. The first-order valence-electron chi connectivity index (χ1n) is 5.10. The molecule has 2 N–H and O–H groups in total. The van der Waals surface area contributed by atoms with Crippen molar-refractivity contribution in [3.63, 3.8) is 0 Å². The maximum atomic E-state index is 13.4. The van der Waals surface area contributed by atoms with Gasteiger partial charge in [0, 0.05) is 5.69 Å². The molecule has 0 saturated carbocycles. The van der Waals surface area contributed by atoms with Crippen LogP contribution in [-0.4, -0.2) is 14.2 Å². The average molecular weight is 245 g/mol. The van der Waals surface area contributed by atoms with Crippen LogP contribution < -0.4 is 5.73 Å². The van der Waals surface area contributed by atoms with E-state index >= 15 is 0 Å². The number of hydrogen-bond donors (Lipinski definition) is 1.